The monoisotopic (exact) mass is 434 g/mol. The average Bonchev–Trinajstić information content (AvgIpc) is 2.73. The molecule has 1 saturated heterocycles. The quantitative estimate of drug-likeness (QED) is 0.759. The van der Waals surface area contributed by atoms with E-state index in [0.717, 1.165) is 23.3 Å². The van der Waals surface area contributed by atoms with Gasteiger partial charge in [-0.25, -0.2) is 12.8 Å². The molecule has 3 rings (SSSR count). The van der Waals surface area contributed by atoms with Crippen LogP contribution in [0.4, 0.5) is 4.39 Å². The van der Waals surface area contributed by atoms with Crippen LogP contribution in [0.5, 0.6) is 0 Å². The molecule has 30 heavy (non-hydrogen) atoms. The molecule has 0 aliphatic carbocycles. The first-order valence-corrected chi connectivity index (χ1v) is 11.3. The molecule has 0 spiro atoms. The van der Waals surface area contributed by atoms with E-state index in [2.05, 4.69) is 5.32 Å². The fourth-order valence-corrected chi connectivity index (χ4v) is 4.77. The second kappa shape index (κ2) is 8.83. The molecule has 162 valence electrons. The van der Waals surface area contributed by atoms with Crippen LogP contribution < -0.4 is 5.32 Å². The molecular weight excluding hydrogens is 407 g/mol. The Morgan fingerprint density at radius 3 is 2.53 bits per heavy atom. The number of carbonyl (C=O) groups is 1. The highest BCUT2D eigenvalue weighted by atomic mass is 32.2. The fraction of sp³-hybridized carbons (Fsp3) is 0.409. The van der Waals surface area contributed by atoms with Crippen LogP contribution in [0.25, 0.3) is 0 Å². The Hall–Kier alpha value is -2.29. The topological polar surface area (TPSA) is 75.7 Å². The molecule has 8 heteroatoms. The Morgan fingerprint density at radius 1 is 1.17 bits per heavy atom. The number of sulfonamides is 1. The molecule has 0 radical (unpaired) electrons. The van der Waals surface area contributed by atoms with Gasteiger partial charge in [0, 0.05) is 25.0 Å². The van der Waals surface area contributed by atoms with Gasteiger partial charge < -0.3 is 10.1 Å². The minimum Gasteiger partial charge on any atom is -0.379 e. The Labute approximate surface area is 177 Å². The van der Waals surface area contributed by atoms with Gasteiger partial charge in [0.1, 0.15) is 5.82 Å². The van der Waals surface area contributed by atoms with Crippen molar-refractivity contribution in [2.75, 3.05) is 32.8 Å². The van der Waals surface area contributed by atoms with Crippen LogP contribution in [0.15, 0.2) is 47.4 Å². The van der Waals surface area contributed by atoms with Crippen molar-refractivity contribution in [1.82, 2.24) is 9.62 Å². The summed E-state index contributed by atoms with van der Waals surface area (Å²) in [6.07, 6.45) is 0. The summed E-state index contributed by atoms with van der Waals surface area (Å²) in [4.78, 5) is 12.6. The number of ether oxygens (including phenoxy) is 1. The molecule has 1 aliphatic rings. The Balaban J connectivity index is 1.78. The van der Waals surface area contributed by atoms with Crippen LogP contribution in [0.1, 0.15) is 35.3 Å². The highest BCUT2D eigenvalue weighted by Crippen LogP contribution is 2.24. The minimum atomic E-state index is -3.82. The lowest BCUT2D eigenvalue weighted by Crippen LogP contribution is -2.40. The standard InChI is InChI=1S/C22H27FN2O4S/c1-16-5-4-6-17(13-16)22(2,3)15-24-21(26)19-14-18(7-8-20(19)23)30(27,28)25-9-11-29-12-10-25/h4-8,13-14H,9-12,15H2,1-3H3,(H,24,26). The van der Waals surface area contributed by atoms with E-state index in [-0.39, 0.29) is 35.5 Å². The van der Waals surface area contributed by atoms with Crippen molar-refractivity contribution in [2.24, 2.45) is 0 Å². The molecule has 1 N–H and O–H groups in total. The van der Waals surface area contributed by atoms with Gasteiger partial charge in [0.05, 0.1) is 23.7 Å². The third kappa shape index (κ3) is 4.88. The lowest BCUT2D eigenvalue weighted by atomic mass is 9.84. The number of benzene rings is 2. The number of hydrogen-bond acceptors (Lipinski definition) is 4. The summed E-state index contributed by atoms with van der Waals surface area (Å²) < 4.78 is 46.5. The van der Waals surface area contributed by atoms with Crippen molar-refractivity contribution in [2.45, 2.75) is 31.1 Å². The largest absolute Gasteiger partial charge is 0.379 e. The van der Waals surface area contributed by atoms with Gasteiger partial charge in [-0.3, -0.25) is 4.79 Å². The highest BCUT2D eigenvalue weighted by molar-refractivity contribution is 7.89. The molecule has 0 unspecified atom stereocenters. The van der Waals surface area contributed by atoms with E-state index < -0.39 is 21.7 Å². The molecule has 1 aliphatic heterocycles. The maximum atomic E-state index is 14.4. The molecule has 0 bridgehead atoms. The smallest absolute Gasteiger partial charge is 0.254 e. The first kappa shape index (κ1) is 22.4. The van der Waals surface area contributed by atoms with Gasteiger partial charge in [-0.1, -0.05) is 43.7 Å². The van der Waals surface area contributed by atoms with E-state index in [1.54, 1.807) is 0 Å². The van der Waals surface area contributed by atoms with Crippen LogP contribution in [-0.4, -0.2) is 51.5 Å². The van der Waals surface area contributed by atoms with Gasteiger partial charge in [-0.15, -0.1) is 0 Å². The predicted molar refractivity (Wildman–Crippen MR) is 113 cm³/mol. The maximum Gasteiger partial charge on any atom is 0.254 e. The average molecular weight is 435 g/mol. The van der Waals surface area contributed by atoms with Crippen LogP contribution in [0, 0.1) is 12.7 Å². The number of rotatable bonds is 6. The first-order chi connectivity index (χ1) is 14.1. The Kier molecular flexibility index (Phi) is 6.59. The molecular formula is C22H27FN2O4S. The summed E-state index contributed by atoms with van der Waals surface area (Å²) in [6, 6.07) is 11.3. The zero-order valence-electron chi connectivity index (χ0n) is 17.4. The summed E-state index contributed by atoms with van der Waals surface area (Å²) in [5, 5.41) is 2.75. The number of halogens is 1. The number of morpholine rings is 1. The Bertz CT molecular complexity index is 1030. The Morgan fingerprint density at radius 2 is 1.87 bits per heavy atom. The SMILES string of the molecule is Cc1cccc(C(C)(C)CNC(=O)c2cc(S(=O)(=O)N3CCOCC3)ccc2F)c1. The van der Waals surface area contributed by atoms with Crippen LogP contribution in [0.3, 0.4) is 0 Å². The fourth-order valence-electron chi connectivity index (χ4n) is 3.34. The van der Waals surface area contributed by atoms with Gasteiger partial charge in [0.2, 0.25) is 10.0 Å². The number of amides is 1. The second-order valence-corrected chi connectivity index (χ2v) is 10.0. The van der Waals surface area contributed by atoms with Crippen molar-refractivity contribution in [3.05, 3.63) is 65.0 Å². The van der Waals surface area contributed by atoms with Crippen LogP contribution in [0.2, 0.25) is 0 Å². The van der Waals surface area contributed by atoms with E-state index in [0.29, 0.717) is 13.2 Å². The van der Waals surface area contributed by atoms with Crippen molar-refractivity contribution in [3.8, 4) is 0 Å². The van der Waals surface area contributed by atoms with Gasteiger partial charge in [0.15, 0.2) is 0 Å². The van der Waals surface area contributed by atoms with E-state index in [9.17, 15) is 17.6 Å². The van der Waals surface area contributed by atoms with E-state index >= 15 is 0 Å². The van der Waals surface area contributed by atoms with Gasteiger partial charge in [-0.05, 0) is 30.7 Å². The molecule has 0 aromatic heterocycles. The summed E-state index contributed by atoms with van der Waals surface area (Å²) in [5.74, 6) is -1.41. The van der Waals surface area contributed by atoms with E-state index in [1.807, 2.05) is 45.0 Å². The highest BCUT2D eigenvalue weighted by Gasteiger charge is 2.28. The number of nitrogens with one attached hydrogen (secondary N) is 1. The summed E-state index contributed by atoms with van der Waals surface area (Å²) in [7, 11) is -3.82. The molecule has 2 aromatic rings. The van der Waals surface area contributed by atoms with Gasteiger partial charge in [-0.2, -0.15) is 4.31 Å². The predicted octanol–water partition coefficient (Wildman–Crippen LogP) is 2.86. The third-order valence-electron chi connectivity index (χ3n) is 5.28. The zero-order chi connectivity index (χ0) is 21.9. The zero-order valence-corrected chi connectivity index (χ0v) is 18.3. The summed E-state index contributed by atoms with van der Waals surface area (Å²) >= 11 is 0. The van der Waals surface area contributed by atoms with Crippen LogP contribution in [-0.2, 0) is 20.2 Å². The molecule has 1 amide bonds. The van der Waals surface area contributed by atoms with Crippen molar-refractivity contribution < 1.29 is 22.3 Å². The molecule has 6 nitrogen and oxygen atoms in total. The van der Waals surface area contributed by atoms with Crippen LogP contribution >= 0.6 is 0 Å². The molecule has 2 aromatic carbocycles. The van der Waals surface area contributed by atoms with E-state index in [1.165, 1.54) is 10.4 Å². The number of carbonyl (C=O) groups excluding carboxylic acids is 1. The summed E-state index contributed by atoms with van der Waals surface area (Å²) in [6.45, 7) is 7.31. The molecule has 1 fully saturated rings. The van der Waals surface area contributed by atoms with Crippen molar-refractivity contribution >= 4 is 15.9 Å². The molecule has 0 atom stereocenters. The molecule has 0 saturated carbocycles. The van der Waals surface area contributed by atoms with Gasteiger partial charge in [0.25, 0.3) is 5.91 Å². The third-order valence-corrected chi connectivity index (χ3v) is 7.18. The number of nitrogens with zero attached hydrogens (tertiary/aromatic N) is 1. The molecule has 1 heterocycles. The van der Waals surface area contributed by atoms with Gasteiger partial charge >= 0.3 is 0 Å². The van der Waals surface area contributed by atoms with E-state index in [4.69, 9.17) is 4.74 Å². The maximum absolute atomic E-state index is 14.4. The lowest BCUT2D eigenvalue weighted by Gasteiger charge is -2.27. The number of aryl methyl sites for hydroxylation is 1. The normalized spacial score (nSPS) is 15.7. The summed E-state index contributed by atoms with van der Waals surface area (Å²) in [5.41, 5.74) is 1.49. The van der Waals surface area contributed by atoms with Crippen molar-refractivity contribution in [3.63, 3.8) is 0 Å². The minimum absolute atomic E-state index is 0.103. The number of hydrogen-bond donors (Lipinski definition) is 1. The van der Waals surface area contributed by atoms with Crippen molar-refractivity contribution in [1.29, 1.82) is 0 Å². The lowest BCUT2D eigenvalue weighted by molar-refractivity contribution is 0.0730. The first-order valence-electron chi connectivity index (χ1n) is 9.84. The second-order valence-electron chi connectivity index (χ2n) is 8.09.